The van der Waals surface area contributed by atoms with Crippen molar-refractivity contribution in [2.24, 2.45) is 0 Å². The van der Waals surface area contributed by atoms with Gasteiger partial charge in [-0.15, -0.1) is 11.3 Å². The molecular formula is C24H20N6O4S. The van der Waals surface area contributed by atoms with Crippen molar-refractivity contribution in [3.8, 4) is 16.5 Å². The monoisotopic (exact) mass is 488 g/mol. The van der Waals surface area contributed by atoms with Crippen LogP contribution in [0.1, 0.15) is 29.7 Å². The van der Waals surface area contributed by atoms with Crippen molar-refractivity contribution in [2.45, 2.75) is 25.7 Å². The van der Waals surface area contributed by atoms with E-state index in [1.807, 2.05) is 17.5 Å². The molecule has 0 unspecified atom stereocenters. The summed E-state index contributed by atoms with van der Waals surface area (Å²) in [5.74, 6) is 0.168. The summed E-state index contributed by atoms with van der Waals surface area (Å²) in [7, 11) is 0. The number of nitrogens with one attached hydrogen (secondary N) is 2. The van der Waals surface area contributed by atoms with Crippen molar-refractivity contribution in [3.63, 3.8) is 0 Å². The van der Waals surface area contributed by atoms with Crippen molar-refractivity contribution in [2.75, 3.05) is 5.32 Å². The third-order valence-corrected chi connectivity index (χ3v) is 6.54. The number of aryl methyl sites for hydroxylation is 1. The third kappa shape index (κ3) is 4.80. The number of carbonyl (C=O) groups is 1. The first-order valence-electron chi connectivity index (χ1n) is 11.0. The molecule has 3 aromatic heterocycles. The average molecular weight is 489 g/mol. The van der Waals surface area contributed by atoms with Gasteiger partial charge in [-0.3, -0.25) is 24.7 Å². The molecule has 2 N–H and O–H groups in total. The number of H-pyrrole nitrogens is 1. The van der Waals surface area contributed by atoms with Crippen LogP contribution in [0.3, 0.4) is 0 Å². The van der Waals surface area contributed by atoms with Crippen molar-refractivity contribution in [1.29, 1.82) is 0 Å². The number of benzene rings is 1. The van der Waals surface area contributed by atoms with Crippen LogP contribution >= 0.6 is 11.3 Å². The number of fused-ring (bicyclic) bond motifs is 1. The first kappa shape index (κ1) is 22.4. The lowest BCUT2D eigenvalue weighted by Gasteiger charge is -2.15. The Morgan fingerprint density at radius 2 is 2.00 bits per heavy atom. The van der Waals surface area contributed by atoms with E-state index < -0.39 is 10.8 Å². The number of aromatic nitrogens is 4. The third-order valence-electron chi connectivity index (χ3n) is 5.64. The fourth-order valence-electron chi connectivity index (χ4n) is 3.91. The summed E-state index contributed by atoms with van der Waals surface area (Å²) in [6, 6.07) is 11.4. The van der Waals surface area contributed by atoms with Crippen LogP contribution in [0.2, 0.25) is 0 Å². The summed E-state index contributed by atoms with van der Waals surface area (Å²) in [4.78, 5) is 44.1. The molecule has 35 heavy (non-hydrogen) atoms. The molecule has 5 rings (SSSR count). The van der Waals surface area contributed by atoms with Gasteiger partial charge < -0.3 is 5.32 Å². The lowest BCUT2D eigenvalue weighted by molar-refractivity contribution is -0.384. The fraction of sp³-hybridized carbons (Fsp3) is 0.167. The summed E-state index contributed by atoms with van der Waals surface area (Å²) in [6.45, 7) is 0. The number of non-ortho nitro benzene ring substituents is 1. The van der Waals surface area contributed by atoms with Crippen LogP contribution in [-0.4, -0.2) is 30.6 Å². The van der Waals surface area contributed by atoms with E-state index in [4.69, 9.17) is 0 Å². The number of aromatic amines is 1. The van der Waals surface area contributed by atoms with Crippen LogP contribution < -0.4 is 10.9 Å². The van der Waals surface area contributed by atoms with Gasteiger partial charge in [0.1, 0.15) is 11.5 Å². The Bertz CT molecular complexity index is 1490. The zero-order valence-electron chi connectivity index (χ0n) is 18.4. The molecule has 0 bridgehead atoms. The number of thiophene rings is 1. The Hall–Kier alpha value is -4.38. The fourth-order valence-corrected chi connectivity index (χ4v) is 4.60. The van der Waals surface area contributed by atoms with Gasteiger partial charge in [0.25, 0.3) is 11.2 Å². The smallest absolute Gasteiger partial charge is 0.269 e. The van der Waals surface area contributed by atoms with Crippen molar-refractivity contribution < 1.29 is 9.72 Å². The summed E-state index contributed by atoms with van der Waals surface area (Å²) in [6.07, 6.45) is 6.24. The van der Waals surface area contributed by atoms with Crippen molar-refractivity contribution >= 4 is 34.8 Å². The minimum Gasteiger partial charge on any atom is -0.307 e. The molecular weight excluding hydrogens is 468 g/mol. The zero-order valence-corrected chi connectivity index (χ0v) is 19.2. The van der Waals surface area contributed by atoms with Crippen molar-refractivity contribution in [3.05, 3.63) is 91.2 Å². The molecule has 1 aliphatic rings. The molecule has 0 aliphatic heterocycles. The van der Waals surface area contributed by atoms with Gasteiger partial charge in [-0.05, 0) is 60.9 Å². The summed E-state index contributed by atoms with van der Waals surface area (Å²) < 4.78 is 1.43. The van der Waals surface area contributed by atoms with E-state index in [1.165, 1.54) is 34.2 Å². The predicted molar refractivity (Wildman–Crippen MR) is 133 cm³/mol. The van der Waals surface area contributed by atoms with E-state index in [-0.39, 0.29) is 17.2 Å². The van der Waals surface area contributed by atoms with E-state index in [0.717, 1.165) is 29.8 Å². The second-order valence-corrected chi connectivity index (χ2v) is 8.94. The average Bonchev–Trinajstić information content (AvgIpc) is 3.53. The molecule has 176 valence electrons. The van der Waals surface area contributed by atoms with Crippen LogP contribution in [0, 0.1) is 10.1 Å². The molecule has 4 aromatic rings. The molecule has 1 aromatic carbocycles. The Kier molecular flexibility index (Phi) is 6.06. The van der Waals surface area contributed by atoms with Gasteiger partial charge >= 0.3 is 0 Å². The van der Waals surface area contributed by atoms with E-state index in [0.29, 0.717) is 29.1 Å². The van der Waals surface area contributed by atoms with Crippen LogP contribution in [0.4, 0.5) is 11.5 Å². The highest BCUT2D eigenvalue weighted by molar-refractivity contribution is 7.13. The number of carbonyl (C=O) groups excluding carboxylic acids is 1. The minimum atomic E-state index is -0.481. The molecule has 0 atom stereocenters. The number of hydrogen-bond donors (Lipinski definition) is 2. The quantitative estimate of drug-likeness (QED) is 0.238. The largest absolute Gasteiger partial charge is 0.307 e. The number of hydrogen-bond acceptors (Lipinski definition) is 7. The van der Waals surface area contributed by atoms with E-state index in [9.17, 15) is 19.7 Å². The molecule has 3 heterocycles. The number of anilines is 1. The predicted octanol–water partition coefficient (Wildman–Crippen LogP) is 4.12. The van der Waals surface area contributed by atoms with E-state index in [2.05, 4.69) is 20.4 Å². The van der Waals surface area contributed by atoms with Gasteiger partial charge in [0.2, 0.25) is 11.9 Å². The molecule has 1 aliphatic carbocycles. The van der Waals surface area contributed by atoms with E-state index in [1.54, 1.807) is 24.3 Å². The minimum absolute atomic E-state index is 0.0249. The van der Waals surface area contributed by atoms with E-state index >= 15 is 0 Å². The first-order chi connectivity index (χ1) is 17.0. The Balaban J connectivity index is 1.45. The molecule has 1 amide bonds. The first-order valence-corrected chi connectivity index (χ1v) is 11.9. The van der Waals surface area contributed by atoms with Crippen LogP contribution in [0.5, 0.6) is 0 Å². The lowest BCUT2D eigenvalue weighted by Crippen LogP contribution is -2.24. The van der Waals surface area contributed by atoms with Gasteiger partial charge in [0.15, 0.2) is 0 Å². The topological polar surface area (TPSA) is 136 Å². The highest BCUT2D eigenvalue weighted by Crippen LogP contribution is 2.28. The van der Waals surface area contributed by atoms with Crippen LogP contribution in [0.15, 0.2) is 58.7 Å². The molecule has 0 spiro atoms. The highest BCUT2D eigenvalue weighted by atomic mass is 32.1. The van der Waals surface area contributed by atoms with Gasteiger partial charge in [-0.25, -0.2) is 4.98 Å². The Morgan fingerprint density at radius 3 is 2.74 bits per heavy atom. The molecule has 11 heteroatoms. The highest BCUT2D eigenvalue weighted by Gasteiger charge is 2.20. The van der Waals surface area contributed by atoms with Crippen molar-refractivity contribution in [1.82, 2.24) is 19.7 Å². The van der Waals surface area contributed by atoms with Gasteiger partial charge in [-0.1, -0.05) is 6.07 Å². The summed E-state index contributed by atoms with van der Waals surface area (Å²) in [5, 5.41) is 20.1. The number of amides is 1. The molecule has 0 fully saturated rings. The Morgan fingerprint density at radius 1 is 1.20 bits per heavy atom. The number of nitrogens with zero attached hydrogens (tertiary/aromatic N) is 4. The molecule has 0 radical (unpaired) electrons. The SMILES string of the molecule is O=C(/C=C\c1ccc([N+](=O)[O-])cc1)Nc1cc(-c2cccs2)nn1-c1nc2c(c(=O)[nH]1)CCCC2. The number of nitro groups is 1. The lowest BCUT2D eigenvalue weighted by atomic mass is 9.97. The summed E-state index contributed by atoms with van der Waals surface area (Å²) in [5.41, 5.74) is 2.53. The standard InChI is InChI=1S/C24H20N6O4S/c31-22(12-9-15-7-10-16(11-8-15)30(33)34)26-21-14-19(20-6-3-13-35-20)28-29(21)24-25-18-5-2-1-4-17(18)23(32)27-24/h3,6-14H,1-2,4-5H2,(H,26,31)(H,25,27,32)/b12-9-. The maximum atomic E-state index is 12.7. The Labute approximate surface area is 203 Å². The van der Waals surface area contributed by atoms with Gasteiger partial charge in [0, 0.05) is 29.8 Å². The molecule has 0 saturated carbocycles. The second-order valence-electron chi connectivity index (χ2n) is 8.00. The molecule has 0 saturated heterocycles. The maximum Gasteiger partial charge on any atom is 0.269 e. The second kappa shape index (κ2) is 9.47. The molecule has 10 nitrogen and oxygen atoms in total. The number of rotatable bonds is 6. The maximum absolute atomic E-state index is 12.7. The number of nitro benzene ring substituents is 1. The van der Waals surface area contributed by atoms with Crippen LogP contribution in [-0.2, 0) is 17.6 Å². The summed E-state index contributed by atoms with van der Waals surface area (Å²) >= 11 is 1.51. The normalized spacial score (nSPS) is 13.0. The zero-order chi connectivity index (χ0) is 24.4. The van der Waals surface area contributed by atoms with Gasteiger partial charge in [0.05, 0.1) is 15.5 Å². The van der Waals surface area contributed by atoms with Gasteiger partial charge in [-0.2, -0.15) is 9.78 Å². The van der Waals surface area contributed by atoms with Crippen LogP contribution in [0.25, 0.3) is 22.6 Å².